The van der Waals surface area contributed by atoms with E-state index >= 15 is 0 Å². The minimum Gasteiger partial charge on any atom is -0.381 e. The van der Waals surface area contributed by atoms with Gasteiger partial charge in [0, 0.05) is 35.5 Å². The lowest BCUT2D eigenvalue weighted by atomic mass is 10.2. The quantitative estimate of drug-likeness (QED) is 0.862. The second kappa shape index (κ2) is 8.01. The van der Waals surface area contributed by atoms with Crippen LogP contribution in [0.1, 0.15) is 32.3 Å². The SMILES string of the molecule is CC(C)CNCc1c(F)cccc1SC1CCOCC1. The zero-order valence-electron chi connectivity index (χ0n) is 12.3. The summed E-state index contributed by atoms with van der Waals surface area (Å²) in [5, 5.41) is 3.89. The minimum atomic E-state index is -0.0988. The van der Waals surface area contributed by atoms with E-state index in [1.807, 2.05) is 12.1 Å². The van der Waals surface area contributed by atoms with Crippen molar-refractivity contribution in [2.45, 2.75) is 43.4 Å². The first-order chi connectivity index (χ1) is 9.66. The van der Waals surface area contributed by atoms with E-state index in [1.54, 1.807) is 17.8 Å². The lowest BCUT2D eigenvalue weighted by Crippen LogP contribution is -2.21. The molecule has 0 spiro atoms. The molecule has 0 bridgehead atoms. The Bertz CT molecular complexity index is 419. The summed E-state index contributed by atoms with van der Waals surface area (Å²) in [4.78, 5) is 1.08. The molecule has 1 aromatic rings. The number of hydrogen-bond acceptors (Lipinski definition) is 3. The standard InChI is InChI=1S/C16H24FNOS/c1-12(2)10-18-11-14-15(17)4-3-5-16(14)20-13-6-8-19-9-7-13/h3-5,12-13,18H,6-11H2,1-2H3. The van der Waals surface area contributed by atoms with Crippen LogP contribution in [0.2, 0.25) is 0 Å². The smallest absolute Gasteiger partial charge is 0.128 e. The highest BCUT2D eigenvalue weighted by atomic mass is 32.2. The molecule has 1 heterocycles. The normalized spacial score (nSPS) is 16.8. The predicted molar refractivity (Wildman–Crippen MR) is 82.6 cm³/mol. The van der Waals surface area contributed by atoms with Crippen molar-refractivity contribution >= 4 is 11.8 Å². The van der Waals surface area contributed by atoms with Crippen molar-refractivity contribution in [3.8, 4) is 0 Å². The van der Waals surface area contributed by atoms with Gasteiger partial charge in [0.2, 0.25) is 0 Å². The van der Waals surface area contributed by atoms with Gasteiger partial charge in [-0.2, -0.15) is 0 Å². The third-order valence-electron chi connectivity index (χ3n) is 3.39. The van der Waals surface area contributed by atoms with E-state index in [9.17, 15) is 4.39 Å². The molecule has 112 valence electrons. The van der Waals surface area contributed by atoms with Gasteiger partial charge in [-0.1, -0.05) is 19.9 Å². The Morgan fingerprint density at radius 2 is 2.10 bits per heavy atom. The molecule has 0 radical (unpaired) electrons. The third kappa shape index (κ3) is 4.76. The summed E-state index contributed by atoms with van der Waals surface area (Å²) in [6.45, 7) is 7.49. The lowest BCUT2D eigenvalue weighted by molar-refractivity contribution is 0.1000. The largest absolute Gasteiger partial charge is 0.381 e. The highest BCUT2D eigenvalue weighted by Gasteiger charge is 2.18. The molecule has 0 aromatic heterocycles. The number of halogens is 1. The average Bonchev–Trinajstić information content (AvgIpc) is 2.43. The molecule has 0 aliphatic carbocycles. The summed E-state index contributed by atoms with van der Waals surface area (Å²) in [5.41, 5.74) is 0.810. The van der Waals surface area contributed by atoms with Crippen molar-refractivity contribution in [3.63, 3.8) is 0 Å². The maximum atomic E-state index is 14.1. The van der Waals surface area contributed by atoms with Crippen LogP contribution in [0.25, 0.3) is 0 Å². The highest BCUT2D eigenvalue weighted by Crippen LogP contribution is 2.33. The van der Waals surface area contributed by atoms with Crippen LogP contribution in [-0.4, -0.2) is 25.0 Å². The van der Waals surface area contributed by atoms with E-state index in [2.05, 4.69) is 19.2 Å². The van der Waals surface area contributed by atoms with Crippen LogP contribution in [0, 0.1) is 11.7 Å². The van der Waals surface area contributed by atoms with Crippen LogP contribution < -0.4 is 5.32 Å². The second-order valence-corrected chi connectivity index (χ2v) is 7.01. The van der Waals surface area contributed by atoms with E-state index in [4.69, 9.17) is 4.74 Å². The van der Waals surface area contributed by atoms with E-state index in [-0.39, 0.29) is 5.82 Å². The Kier molecular flexibility index (Phi) is 6.33. The summed E-state index contributed by atoms with van der Waals surface area (Å²) in [5.74, 6) is 0.478. The van der Waals surface area contributed by atoms with Gasteiger partial charge in [-0.3, -0.25) is 0 Å². The molecule has 1 saturated heterocycles. The Hall–Kier alpha value is -0.580. The number of benzene rings is 1. The maximum Gasteiger partial charge on any atom is 0.128 e. The first-order valence-corrected chi connectivity index (χ1v) is 8.27. The molecule has 1 aliphatic rings. The van der Waals surface area contributed by atoms with Crippen LogP contribution in [0.3, 0.4) is 0 Å². The predicted octanol–water partition coefficient (Wildman–Crippen LogP) is 3.84. The van der Waals surface area contributed by atoms with Crippen molar-refractivity contribution in [1.82, 2.24) is 5.32 Å². The molecule has 1 aliphatic heterocycles. The van der Waals surface area contributed by atoms with Crippen molar-refractivity contribution in [2.24, 2.45) is 5.92 Å². The zero-order valence-corrected chi connectivity index (χ0v) is 13.1. The fourth-order valence-electron chi connectivity index (χ4n) is 2.28. The molecular weight excluding hydrogens is 273 g/mol. The third-order valence-corrected chi connectivity index (χ3v) is 4.83. The minimum absolute atomic E-state index is 0.0988. The summed E-state index contributed by atoms with van der Waals surface area (Å²) >= 11 is 1.80. The van der Waals surface area contributed by atoms with Gasteiger partial charge in [0.05, 0.1) is 0 Å². The second-order valence-electron chi connectivity index (χ2n) is 5.67. The number of ether oxygens (including phenoxy) is 1. The van der Waals surface area contributed by atoms with Gasteiger partial charge in [0.15, 0.2) is 0 Å². The van der Waals surface area contributed by atoms with Crippen molar-refractivity contribution in [3.05, 3.63) is 29.6 Å². The Labute approximate surface area is 125 Å². The number of rotatable bonds is 6. The summed E-state index contributed by atoms with van der Waals surface area (Å²) in [7, 11) is 0. The van der Waals surface area contributed by atoms with Crippen molar-refractivity contribution < 1.29 is 9.13 Å². The first-order valence-electron chi connectivity index (χ1n) is 7.39. The van der Waals surface area contributed by atoms with E-state index < -0.39 is 0 Å². The molecule has 0 unspecified atom stereocenters. The van der Waals surface area contributed by atoms with E-state index in [1.165, 1.54) is 0 Å². The number of thioether (sulfide) groups is 1. The van der Waals surface area contributed by atoms with Crippen LogP contribution in [0.5, 0.6) is 0 Å². The molecule has 0 atom stereocenters. The number of nitrogens with one attached hydrogen (secondary N) is 1. The summed E-state index contributed by atoms with van der Waals surface area (Å²) < 4.78 is 19.4. The number of hydrogen-bond donors (Lipinski definition) is 1. The van der Waals surface area contributed by atoms with Crippen molar-refractivity contribution in [1.29, 1.82) is 0 Å². The summed E-state index contributed by atoms with van der Waals surface area (Å²) in [6.07, 6.45) is 2.11. The molecule has 1 N–H and O–H groups in total. The maximum absolute atomic E-state index is 14.1. The van der Waals surface area contributed by atoms with Crippen LogP contribution >= 0.6 is 11.8 Å². The molecular formula is C16H24FNOS. The van der Waals surface area contributed by atoms with E-state index in [0.29, 0.717) is 17.7 Å². The molecule has 20 heavy (non-hydrogen) atoms. The molecule has 2 rings (SSSR count). The van der Waals surface area contributed by atoms with Crippen LogP contribution in [0.4, 0.5) is 4.39 Å². The monoisotopic (exact) mass is 297 g/mol. The topological polar surface area (TPSA) is 21.3 Å². The van der Waals surface area contributed by atoms with Gasteiger partial charge >= 0.3 is 0 Å². The van der Waals surface area contributed by atoms with Gasteiger partial charge in [0.25, 0.3) is 0 Å². The Morgan fingerprint density at radius 1 is 1.35 bits per heavy atom. The van der Waals surface area contributed by atoms with Gasteiger partial charge in [-0.15, -0.1) is 11.8 Å². The van der Waals surface area contributed by atoms with Gasteiger partial charge in [0.1, 0.15) is 5.82 Å². The highest BCUT2D eigenvalue weighted by molar-refractivity contribution is 8.00. The molecule has 0 saturated carbocycles. The fourth-order valence-corrected chi connectivity index (χ4v) is 3.54. The molecule has 1 fully saturated rings. The lowest BCUT2D eigenvalue weighted by Gasteiger charge is -2.23. The van der Waals surface area contributed by atoms with E-state index in [0.717, 1.165) is 43.1 Å². The molecule has 0 amide bonds. The molecule has 4 heteroatoms. The fraction of sp³-hybridized carbons (Fsp3) is 0.625. The first kappa shape index (κ1) is 15.8. The zero-order chi connectivity index (χ0) is 14.4. The Morgan fingerprint density at radius 3 is 2.80 bits per heavy atom. The average molecular weight is 297 g/mol. The van der Waals surface area contributed by atoms with Crippen molar-refractivity contribution in [2.75, 3.05) is 19.8 Å². The Balaban J connectivity index is 2.01. The van der Waals surface area contributed by atoms with Crippen LogP contribution in [0.15, 0.2) is 23.1 Å². The molecule has 1 aromatic carbocycles. The van der Waals surface area contributed by atoms with Crippen LogP contribution in [-0.2, 0) is 11.3 Å². The van der Waals surface area contributed by atoms with Gasteiger partial charge in [-0.05, 0) is 37.4 Å². The van der Waals surface area contributed by atoms with Gasteiger partial charge < -0.3 is 10.1 Å². The van der Waals surface area contributed by atoms with Gasteiger partial charge in [-0.25, -0.2) is 4.39 Å². The summed E-state index contributed by atoms with van der Waals surface area (Å²) in [6, 6.07) is 5.40. The molecule has 2 nitrogen and oxygen atoms in total.